The first-order valence-electron chi connectivity index (χ1n) is 16.2. The topological polar surface area (TPSA) is 52.6 Å². The maximum atomic E-state index is 12.7. The summed E-state index contributed by atoms with van der Waals surface area (Å²) in [5.74, 6) is -0.408. The molecular weight excluding hydrogens is 751 g/mol. The van der Waals surface area contributed by atoms with Crippen molar-refractivity contribution in [2.75, 3.05) is 11.5 Å². The quantitative estimate of drug-likeness (QED) is 0.0852. The molecule has 0 N–H and O–H groups in total. The van der Waals surface area contributed by atoms with Gasteiger partial charge in [-0.15, -0.1) is 0 Å². The molecule has 0 saturated heterocycles. The molecule has 2 aliphatic rings. The van der Waals surface area contributed by atoms with Crippen molar-refractivity contribution in [3.63, 3.8) is 0 Å². The van der Waals surface area contributed by atoms with Crippen LogP contribution in [0.4, 0.5) is 0 Å². The molecule has 0 atom stereocenters. The minimum atomic E-state index is -2.60. The van der Waals surface area contributed by atoms with Crippen molar-refractivity contribution in [3.05, 3.63) is 20.3 Å². The van der Waals surface area contributed by atoms with Gasteiger partial charge in [0.05, 0.1) is 7.11 Å². The summed E-state index contributed by atoms with van der Waals surface area (Å²) in [4.78, 5) is 24.2. The van der Waals surface area contributed by atoms with E-state index in [0.717, 1.165) is 36.8 Å². The van der Waals surface area contributed by atoms with E-state index >= 15 is 0 Å². The largest absolute Gasteiger partial charge is 0.466 e. The summed E-state index contributed by atoms with van der Waals surface area (Å²) in [7, 11) is 1.45. The first-order valence-corrected chi connectivity index (χ1v) is 25.5. The average Bonchev–Trinajstić information content (AvgIpc) is 2.92. The van der Waals surface area contributed by atoms with Crippen LogP contribution in [0.15, 0.2) is 20.3 Å². The number of allylic oxidation sites excluding steroid dienone is 2. The zero-order valence-electron chi connectivity index (χ0n) is 28.2. The Bertz CT molecular complexity index is 841. The number of rotatable bonds is 12. The Morgan fingerprint density at radius 1 is 0.805 bits per heavy atom. The third kappa shape index (κ3) is 13.0. The molecule has 0 saturated carbocycles. The first-order chi connectivity index (χ1) is 19.3. The molecule has 4 nitrogen and oxygen atoms in total. The Morgan fingerprint density at radius 2 is 1.22 bits per heavy atom. The number of carbonyl (C=O) groups excluding carboxylic acids is 2. The molecule has 0 aromatic heterocycles. The van der Waals surface area contributed by atoms with Crippen molar-refractivity contribution in [2.45, 2.75) is 153 Å². The minimum Gasteiger partial charge on any atom is -0.466 e. The summed E-state index contributed by atoms with van der Waals surface area (Å²) in [6.07, 6.45) is 14.4. The second kappa shape index (κ2) is 21.1. The molecule has 0 spiro atoms. The molecule has 7 heteroatoms. The molecule has 0 aromatic carbocycles. The second-order valence-electron chi connectivity index (χ2n) is 13.2. The van der Waals surface area contributed by atoms with Gasteiger partial charge in [-0.2, -0.15) is 0 Å². The number of halogens is 2. The summed E-state index contributed by atoms with van der Waals surface area (Å²) in [5, 5.41) is 0. The van der Waals surface area contributed by atoms with Gasteiger partial charge in [-0.05, 0) is 36.0 Å². The predicted molar refractivity (Wildman–Crippen MR) is 188 cm³/mol. The number of ether oxygens (including phenoxy) is 1. The SMILES string of the molecule is CCC[CH2][Sn]([CH2]CCC)([CH2]CCC)[C]1=C(C(=O)OCl)C(C)(C)CCC1.COC(=O)C1=C([11CH3])CCCC1(C)C.C[11CH2]I. The molecule has 0 fully saturated rings. The number of hydrogen-bond acceptors (Lipinski definition) is 4. The Morgan fingerprint density at radius 3 is 1.59 bits per heavy atom. The van der Waals surface area contributed by atoms with E-state index in [1.54, 1.807) is 3.59 Å². The standard InChI is InChI=1S/C11H18O2.C9H12ClO2.3C4H9.C2H5I.Sn/c1-8-6-5-7-11(2,3)9(8)10(12)13-4;1-9(2)6-4-3-5-7(9)8(11)12-10;3*1-3-4-2;1-2-3;/h5-7H2,1-4H3;3-4,6H2,1-2H3;3*1,3-4H2,2H3;2H2,1H3;/i1-1;;;;;2-1;. The molecular formula is C34H62ClIO4Sn. The maximum absolute atomic E-state index is 12.7. The van der Waals surface area contributed by atoms with Gasteiger partial charge >= 0.3 is 172 Å². The Kier molecular flexibility index (Phi) is 21.2. The van der Waals surface area contributed by atoms with Crippen LogP contribution in [0.25, 0.3) is 0 Å². The number of hydrogen-bond donors (Lipinski definition) is 0. The molecule has 0 aliphatic heterocycles. The van der Waals surface area contributed by atoms with E-state index in [9.17, 15) is 9.59 Å². The van der Waals surface area contributed by atoms with Crippen LogP contribution in [0.1, 0.15) is 139 Å². The zero-order valence-corrected chi connectivity index (χ0v) is 34.0. The first kappa shape index (κ1) is 41.2. The van der Waals surface area contributed by atoms with Crippen molar-refractivity contribution in [3.8, 4) is 0 Å². The summed E-state index contributed by atoms with van der Waals surface area (Å²) in [6, 6.07) is 0. The van der Waals surface area contributed by atoms with Crippen LogP contribution < -0.4 is 0 Å². The molecule has 2 rings (SSSR count). The number of alkyl halides is 1. The third-order valence-electron chi connectivity index (χ3n) is 8.99. The fourth-order valence-corrected chi connectivity index (χ4v) is 25.3. The van der Waals surface area contributed by atoms with Gasteiger partial charge in [0.15, 0.2) is 0 Å². The van der Waals surface area contributed by atoms with Crippen molar-refractivity contribution in [1.82, 2.24) is 0 Å². The fraction of sp³-hybridized carbons (Fsp3) is 0.824. The number of methoxy groups -OCH3 is 1. The molecule has 0 bridgehead atoms. The monoisotopic (exact) mass is 814 g/mol. The molecule has 41 heavy (non-hydrogen) atoms. The third-order valence-corrected chi connectivity index (χ3v) is 25.4. The second-order valence-corrected chi connectivity index (χ2v) is 28.2. The van der Waals surface area contributed by atoms with Crippen LogP contribution >= 0.6 is 34.5 Å². The summed E-state index contributed by atoms with van der Waals surface area (Å²) >= 11 is 5.27. The fourth-order valence-electron chi connectivity index (χ4n) is 6.88. The van der Waals surface area contributed by atoms with Gasteiger partial charge in [-0.3, -0.25) is 0 Å². The van der Waals surface area contributed by atoms with E-state index in [2.05, 4.69) is 78.0 Å². The zero-order chi connectivity index (χ0) is 31.7. The molecule has 0 unspecified atom stereocenters. The van der Waals surface area contributed by atoms with Gasteiger partial charge in [0.25, 0.3) is 0 Å². The average molecular weight is 814 g/mol. The Hall–Kier alpha value is 0.239. The van der Waals surface area contributed by atoms with E-state index in [0.29, 0.717) is 0 Å². The van der Waals surface area contributed by atoms with E-state index in [1.165, 1.54) is 81.8 Å². The molecule has 0 amide bonds. The Balaban J connectivity index is 0.000000832. The van der Waals surface area contributed by atoms with E-state index in [1.807, 2.05) is 6.92 Å². The summed E-state index contributed by atoms with van der Waals surface area (Å²) in [5.41, 5.74) is 2.97. The number of carbonyl (C=O) groups is 2. The summed E-state index contributed by atoms with van der Waals surface area (Å²) in [6.45, 7) is 19.7. The molecule has 0 radical (unpaired) electrons. The van der Waals surface area contributed by atoms with Gasteiger partial charge in [0.1, 0.15) is 0 Å². The van der Waals surface area contributed by atoms with Crippen LogP contribution in [0.2, 0.25) is 13.3 Å². The van der Waals surface area contributed by atoms with E-state index in [-0.39, 0.29) is 22.8 Å². The number of esters is 1. The van der Waals surface area contributed by atoms with Crippen LogP contribution in [0.3, 0.4) is 0 Å². The smallest absolute Gasteiger partial charge is 0.334 e. The molecule has 2 aliphatic carbocycles. The van der Waals surface area contributed by atoms with Crippen molar-refractivity contribution in [2.24, 2.45) is 10.8 Å². The van der Waals surface area contributed by atoms with Gasteiger partial charge in [-0.25, -0.2) is 4.79 Å². The predicted octanol–water partition coefficient (Wildman–Crippen LogP) is 11.7. The van der Waals surface area contributed by atoms with Crippen molar-refractivity contribution in [1.29, 1.82) is 0 Å². The van der Waals surface area contributed by atoms with Gasteiger partial charge < -0.3 is 4.74 Å². The Labute approximate surface area is 276 Å². The van der Waals surface area contributed by atoms with Gasteiger partial charge in [0, 0.05) is 5.57 Å². The van der Waals surface area contributed by atoms with Crippen LogP contribution in [0.5, 0.6) is 0 Å². The maximum Gasteiger partial charge on any atom is 0.334 e. The summed E-state index contributed by atoms with van der Waals surface area (Å²) < 4.78 is 16.6. The molecule has 0 aromatic rings. The molecule has 0 heterocycles. The van der Waals surface area contributed by atoms with Gasteiger partial charge in [0.2, 0.25) is 0 Å². The van der Waals surface area contributed by atoms with Crippen LogP contribution in [-0.2, 0) is 18.6 Å². The van der Waals surface area contributed by atoms with Crippen LogP contribution in [-0.4, -0.2) is 41.9 Å². The van der Waals surface area contributed by atoms with E-state index in [4.69, 9.17) is 20.9 Å². The normalized spacial score (nSPS) is 18.0. The minimum absolute atomic E-state index is 0.00454. The number of unbranched alkanes of at least 4 members (excludes halogenated alkanes) is 3. The van der Waals surface area contributed by atoms with Crippen molar-refractivity contribution < 1.29 is 18.6 Å². The van der Waals surface area contributed by atoms with E-state index < -0.39 is 18.4 Å². The van der Waals surface area contributed by atoms with Crippen molar-refractivity contribution >= 4 is 64.8 Å². The van der Waals surface area contributed by atoms with Crippen LogP contribution in [0, 0.1) is 10.8 Å². The van der Waals surface area contributed by atoms with Gasteiger partial charge in [-0.1, -0.05) is 48.9 Å². The molecule has 240 valence electrons.